The molecule has 0 saturated heterocycles. The van der Waals surface area contributed by atoms with E-state index in [1.165, 1.54) is 4.68 Å². The van der Waals surface area contributed by atoms with Gasteiger partial charge in [-0.3, -0.25) is 4.79 Å². The van der Waals surface area contributed by atoms with Gasteiger partial charge >= 0.3 is 0 Å². The number of anilines is 2. The summed E-state index contributed by atoms with van der Waals surface area (Å²) < 4.78 is 12.5. The molecule has 0 bridgehead atoms. The minimum absolute atomic E-state index is 0.111. The maximum absolute atomic E-state index is 12.3. The number of nitrogens with one attached hydrogen (secondary N) is 2. The van der Waals surface area contributed by atoms with Gasteiger partial charge in [0, 0.05) is 5.69 Å². The van der Waals surface area contributed by atoms with Gasteiger partial charge in [0.2, 0.25) is 11.1 Å². The number of aromatic nitrogens is 3. The third-order valence-electron chi connectivity index (χ3n) is 4.66. The molecule has 36 heavy (non-hydrogen) atoms. The van der Waals surface area contributed by atoms with Gasteiger partial charge in [0.05, 0.1) is 18.6 Å². The second-order valence-electron chi connectivity index (χ2n) is 7.33. The number of carbonyl (C=O) groups is 1. The molecule has 1 amide bonds. The van der Waals surface area contributed by atoms with E-state index in [1.807, 2.05) is 61.5 Å². The van der Waals surface area contributed by atoms with Crippen LogP contribution in [0.25, 0.3) is 0 Å². The summed E-state index contributed by atoms with van der Waals surface area (Å²) >= 11 is 1.16. The number of para-hydroxylation sites is 1. The molecule has 0 saturated carbocycles. The fraction of sp³-hybridized carbons (Fsp3) is 0.120. The van der Waals surface area contributed by atoms with E-state index in [4.69, 9.17) is 15.3 Å². The van der Waals surface area contributed by atoms with E-state index in [2.05, 4.69) is 26.0 Å². The summed E-state index contributed by atoms with van der Waals surface area (Å²) in [6.07, 6.45) is 1.61. The lowest BCUT2D eigenvalue weighted by atomic mass is 10.2. The smallest absolute Gasteiger partial charge is 0.264 e. The van der Waals surface area contributed by atoms with Crippen molar-refractivity contribution in [2.24, 2.45) is 5.10 Å². The number of nitrogens with zero attached hydrogens (tertiary/aromatic N) is 4. The van der Waals surface area contributed by atoms with Crippen LogP contribution >= 0.6 is 11.8 Å². The number of amides is 1. The maximum atomic E-state index is 12.3. The molecule has 0 unspecified atom stereocenters. The van der Waals surface area contributed by atoms with Crippen molar-refractivity contribution in [1.82, 2.24) is 14.9 Å². The average molecular weight is 504 g/mol. The summed E-state index contributed by atoms with van der Waals surface area (Å²) in [7, 11) is 0. The van der Waals surface area contributed by atoms with Crippen molar-refractivity contribution in [3.63, 3.8) is 0 Å². The third kappa shape index (κ3) is 7.00. The normalized spacial score (nSPS) is 10.8. The van der Waals surface area contributed by atoms with Crippen molar-refractivity contribution in [3.05, 3.63) is 84.4 Å². The Morgan fingerprint density at radius 3 is 2.58 bits per heavy atom. The first kappa shape index (κ1) is 24.6. The highest BCUT2D eigenvalue weighted by atomic mass is 32.2. The monoisotopic (exact) mass is 503 g/mol. The SMILES string of the molecule is CCOc1ccc(NC(=O)CSc2nnc(N/N=C/c3cccc(Oc4ccccc4)c3)n2N)cc1. The number of nitrogens with two attached hydrogens (primary N) is 1. The first-order chi connectivity index (χ1) is 17.6. The summed E-state index contributed by atoms with van der Waals surface area (Å²) in [4.78, 5) is 12.3. The molecule has 0 atom stereocenters. The third-order valence-corrected chi connectivity index (χ3v) is 5.60. The molecule has 0 aliphatic carbocycles. The van der Waals surface area contributed by atoms with Crippen LogP contribution in [0, 0.1) is 0 Å². The topological polar surface area (TPSA) is 129 Å². The zero-order valence-electron chi connectivity index (χ0n) is 19.5. The van der Waals surface area contributed by atoms with Gasteiger partial charge in [-0.1, -0.05) is 42.1 Å². The van der Waals surface area contributed by atoms with Crippen LogP contribution < -0.4 is 26.1 Å². The average Bonchev–Trinajstić information content (AvgIpc) is 3.24. The number of benzene rings is 3. The fourth-order valence-electron chi connectivity index (χ4n) is 3.03. The van der Waals surface area contributed by atoms with Gasteiger partial charge in [0.1, 0.15) is 17.2 Å². The molecular weight excluding hydrogens is 478 g/mol. The minimum Gasteiger partial charge on any atom is -0.494 e. The van der Waals surface area contributed by atoms with Gasteiger partial charge in [-0.2, -0.15) is 5.10 Å². The van der Waals surface area contributed by atoms with Crippen LogP contribution in [-0.4, -0.2) is 39.4 Å². The summed E-state index contributed by atoms with van der Waals surface area (Å²) in [5.74, 6) is 8.38. The number of nitrogen functional groups attached to an aromatic ring is 1. The van der Waals surface area contributed by atoms with Gasteiger partial charge in [-0.15, -0.1) is 10.2 Å². The van der Waals surface area contributed by atoms with Crippen molar-refractivity contribution in [3.8, 4) is 17.2 Å². The van der Waals surface area contributed by atoms with Gasteiger partial charge in [-0.25, -0.2) is 10.1 Å². The van der Waals surface area contributed by atoms with Crippen molar-refractivity contribution >= 4 is 35.5 Å². The first-order valence-corrected chi connectivity index (χ1v) is 12.1. The number of ether oxygens (including phenoxy) is 2. The Hall–Kier alpha value is -4.51. The molecule has 4 aromatic rings. The van der Waals surface area contributed by atoms with Gasteiger partial charge < -0.3 is 20.6 Å². The highest BCUT2D eigenvalue weighted by Gasteiger charge is 2.12. The van der Waals surface area contributed by atoms with Crippen LogP contribution in [0.5, 0.6) is 17.2 Å². The summed E-state index contributed by atoms with van der Waals surface area (Å²) in [5.41, 5.74) is 4.25. The Kier molecular flexibility index (Phi) is 8.39. The lowest BCUT2D eigenvalue weighted by Gasteiger charge is -2.07. The molecule has 0 spiro atoms. The number of thioether (sulfide) groups is 1. The molecule has 184 valence electrons. The molecular formula is C25H25N7O3S. The Bertz CT molecular complexity index is 1310. The molecule has 4 rings (SSSR count). The molecule has 10 nitrogen and oxygen atoms in total. The first-order valence-electron chi connectivity index (χ1n) is 11.1. The molecule has 1 aromatic heterocycles. The number of hydrogen-bond donors (Lipinski definition) is 3. The van der Waals surface area contributed by atoms with Crippen LogP contribution in [0.15, 0.2) is 89.1 Å². The van der Waals surface area contributed by atoms with E-state index in [0.29, 0.717) is 23.2 Å². The van der Waals surface area contributed by atoms with Gasteiger partial charge in [-0.05, 0) is 61.0 Å². The van der Waals surface area contributed by atoms with Crippen molar-refractivity contribution < 1.29 is 14.3 Å². The lowest BCUT2D eigenvalue weighted by Crippen LogP contribution is -2.16. The zero-order valence-corrected chi connectivity index (χ0v) is 20.3. The second-order valence-corrected chi connectivity index (χ2v) is 8.27. The second kappa shape index (κ2) is 12.3. The standard InChI is InChI=1S/C25H25N7O3S/c1-2-34-20-13-11-19(12-14-20)28-23(33)17-36-25-31-30-24(32(25)26)29-27-16-18-7-6-10-22(15-18)35-21-8-4-3-5-9-21/h3-16H,2,17,26H2,1H3,(H,28,33)(H,29,30)/b27-16+. The van der Waals surface area contributed by atoms with E-state index in [9.17, 15) is 4.79 Å². The Balaban J connectivity index is 1.27. The van der Waals surface area contributed by atoms with Crippen LogP contribution in [0.3, 0.4) is 0 Å². The summed E-state index contributed by atoms with van der Waals surface area (Å²) in [6, 6.07) is 24.2. The number of hydrogen-bond acceptors (Lipinski definition) is 9. The van der Waals surface area contributed by atoms with Crippen molar-refractivity contribution in [2.75, 3.05) is 28.9 Å². The minimum atomic E-state index is -0.197. The molecule has 4 N–H and O–H groups in total. The van der Waals surface area contributed by atoms with Crippen LogP contribution in [0.2, 0.25) is 0 Å². The summed E-state index contributed by atoms with van der Waals surface area (Å²) in [5, 5.41) is 15.4. The zero-order chi connectivity index (χ0) is 25.2. The van der Waals surface area contributed by atoms with E-state index in [-0.39, 0.29) is 17.6 Å². The van der Waals surface area contributed by atoms with Crippen molar-refractivity contribution in [2.45, 2.75) is 12.1 Å². The molecule has 0 aliphatic rings. The maximum Gasteiger partial charge on any atom is 0.264 e. The van der Waals surface area contributed by atoms with Crippen LogP contribution in [0.1, 0.15) is 12.5 Å². The van der Waals surface area contributed by atoms with E-state index in [1.54, 1.807) is 30.5 Å². The quantitative estimate of drug-likeness (QED) is 0.119. The molecule has 11 heteroatoms. The van der Waals surface area contributed by atoms with Crippen LogP contribution in [0.4, 0.5) is 11.6 Å². The van der Waals surface area contributed by atoms with Crippen LogP contribution in [-0.2, 0) is 4.79 Å². The summed E-state index contributed by atoms with van der Waals surface area (Å²) in [6.45, 7) is 2.50. The lowest BCUT2D eigenvalue weighted by molar-refractivity contribution is -0.113. The van der Waals surface area contributed by atoms with Gasteiger partial charge in [0.15, 0.2) is 0 Å². The molecule has 0 radical (unpaired) electrons. The molecule has 3 aromatic carbocycles. The Morgan fingerprint density at radius 1 is 1.03 bits per heavy atom. The largest absolute Gasteiger partial charge is 0.494 e. The van der Waals surface area contributed by atoms with E-state index in [0.717, 1.165) is 28.8 Å². The molecule has 1 heterocycles. The molecule has 0 aliphatic heterocycles. The molecule has 0 fully saturated rings. The highest BCUT2D eigenvalue weighted by molar-refractivity contribution is 7.99. The number of hydrazone groups is 1. The number of carbonyl (C=O) groups excluding carboxylic acids is 1. The van der Waals surface area contributed by atoms with E-state index < -0.39 is 0 Å². The van der Waals surface area contributed by atoms with E-state index >= 15 is 0 Å². The Morgan fingerprint density at radius 2 is 1.81 bits per heavy atom. The predicted molar refractivity (Wildman–Crippen MR) is 141 cm³/mol. The fourth-order valence-corrected chi connectivity index (χ4v) is 3.68. The van der Waals surface area contributed by atoms with Crippen molar-refractivity contribution in [1.29, 1.82) is 0 Å². The Labute approximate surface area is 212 Å². The predicted octanol–water partition coefficient (Wildman–Crippen LogP) is 4.36. The number of rotatable bonds is 11. The van der Waals surface area contributed by atoms with Gasteiger partial charge in [0.25, 0.3) is 5.95 Å². The highest BCUT2D eigenvalue weighted by Crippen LogP contribution is 2.22.